The molecule has 2 saturated heterocycles. The summed E-state index contributed by atoms with van der Waals surface area (Å²) in [6.07, 6.45) is 2.71. The Bertz CT molecular complexity index is 1500. The third kappa shape index (κ3) is 4.76. The Hall–Kier alpha value is -4.39. The molecule has 5 heterocycles. The second kappa shape index (κ2) is 10.3. The number of benzene rings is 1. The highest BCUT2D eigenvalue weighted by molar-refractivity contribution is 5.96. The molecule has 1 N–H and O–H groups in total. The fourth-order valence-corrected chi connectivity index (χ4v) is 4.97. The van der Waals surface area contributed by atoms with E-state index in [9.17, 15) is 18.4 Å². The molecule has 0 bridgehead atoms. The fraction of sp³-hybridized carbons (Fsp3) is 0.370. The van der Waals surface area contributed by atoms with Gasteiger partial charge in [-0.1, -0.05) is 12.1 Å². The van der Waals surface area contributed by atoms with Crippen molar-refractivity contribution in [1.29, 1.82) is 0 Å². The maximum absolute atomic E-state index is 14.6. The number of hydrogen-bond donors (Lipinski definition) is 1. The Labute approximate surface area is 228 Å². The Morgan fingerprint density at radius 2 is 1.95 bits per heavy atom. The molecule has 3 aliphatic heterocycles. The molecule has 1 aromatic carbocycles. The first-order chi connectivity index (χ1) is 19.3. The number of nitrogens with zero attached hydrogens (tertiary/aromatic N) is 6. The molecular weight excluding hydrogens is 524 g/mol. The summed E-state index contributed by atoms with van der Waals surface area (Å²) >= 11 is 0. The van der Waals surface area contributed by atoms with Crippen LogP contribution in [0.4, 0.5) is 13.6 Å². The highest BCUT2D eigenvalue weighted by Gasteiger charge is 2.39. The SMILES string of the molecule is Cc1nn(-c2cc(OC3CN(C(=O)N4N=CCC4c4cccc(F)c4)C3)c(F)cn2)c(C)c1C(=O)NC1COC1. The molecule has 0 saturated carbocycles. The average Bonchev–Trinajstić information content (AvgIpc) is 3.48. The van der Waals surface area contributed by atoms with Crippen LogP contribution in [0.3, 0.4) is 0 Å². The van der Waals surface area contributed by atoms with Crippen LogP contribution in [0, 0.1) is 25.5 Å². The van der Waals surface area contributed by atoms with Crippen molar-refractivity contribution in [3.8, 4) is 11.6 Å². The van der Waals surface area contributed by atoms with Crippen LogP contribution in [0.2, 0.25) is 0 Å². The summed E-state index contributed by atoms with van der Waals surface area (Å²) in [4.78, 5) is 31.5. The lowest BCUT2D eigenvalue weighted by Crippen LogP contribution is -2.58. The van der Waals surface area contributed by atoms with E-state index in [4.69, 9.17) is 9.47 Å². The smallest absolute Gasteiger partial charge is 0.341 e. The molecule has 2 fully saturated rings. The lowest BCUT2D eigenvalue weighted by molar-refractivity contribution is -0.00348. The molecule has 0 spiro atoms. The van der Waals surface area contributed by atoms with E-state index in [1.165, 1.54) is 27.9 Å². The molecule has 6 rings (SSSR count). The van der Waals surface area contributed by atoms with Gasteiger partial charge in [0.15, 0.2) is 17.4 Å². The predicted octanol–water partition coefficient (Wildman–Crippen LogP) is 2.91. The van der Waals surface area contributed by atoms with Crippen LogP contribution >= 0.6 is 0 Å². The second-order valence-electron chi connectivity index (χ2n) is 10.0. The quantitative estimate of drug-likeness (QED) is 0.504. The Morgan fingerprint density at radius 1 is 1.15 bits per heavy atom. The van der Waals surface area contributed by atoms with Gasteiger partial charge in [0.05, 0.1) is 61.5 Å². The molecule has 40 heavy (non-hydrogen) atoms. The summed E-state index contributed by atoms with van der Waals surface area (Å²) in [5.41, 5.74) is 2.15. The zero-order valence-electron chi connectivity index (χ0n) is 21.9. The van der Waals surface area contributed by atoms with Crippen molar-refractivity contribution in [3.05, 3.63) is 70.7 Å². The zero-order chi connectivity index (χ0) is 28.0. The molecule has 1 atom stereocenters. The number of ether oxygens (including phenoxy) is 2. The van der Waals surface area contributed by atoms with Crippen molar-refractivity contribution in [2.75, 3.05) is 26.3 Å². The number of nitrogens with one attached hydrogen (secondary N) is 1. The number of rotatable bonds is 6. The van der Waals surface area contributed by atoms with E-state index < -0.39 is 18.0 Å². The lowest BCUT2D eigenvalue weighted by Gasteiger charge is -2.41. The second-order valence-corrected chi connectivity index (χ2v) is 10.0. The zero-order valence-corrected chi connectivity index (χ0v) is 21.9. The molecule has 0 aliphatic carbocycles. The third-order valence-corrected chi connectivity index (χ3v) is 7.19. The topological polar surface area (TPSA) is 114 Å². The molecule has 13 heteroatoms. The maximum Gasteiger partial charge on any atom is 0.341 e. The van der Waals surface area contributed by atoms with E-state index in [0.717, 1.165) is 6.20 Å². The molecule has 1 unspecified atom stereocenters. The van der Waals surface area contributed by atoms with Crippen molar-refractivity contribution in [1.82, 2.24) is 30.0 Å². The largest absolute Gasteiger partial charge is 0.483 e. The molecule has 3 amide bonds. The summed E-state index contributed by atoms with van der Waals surface area (Å²) in [7, 11) is 0. The van der Waals surface area contributed by atoms with Crippen LogP contribution in [-0.2, 0) is 4.74 Å². The van der Waals surface area contributed by atoms with Gasteiger partial charge in [0.25, 0.3) is 5.91 Å². The van der Waals surface area contributed by atoms with Crippen molar-refractivity contribution in [2.24, 2.45) is 5.10 Å². The summed E-state index contributed by atoms with van der Waals surface area (Å²) in [5, 5.41) is 12.9. The van der Waals surface area contributed by atoms with Crippen LogP contribution in [0.15, 0.2) is 41.6 Å². The van der Waals surface area contributed by atoms with Gasteiger partial charge in [-0.3, -0.25) is 4.79 Å². The molecule has 3 aliphatic rings. The standard InChI is InChI=1S/C27H27F2N7O4/c1-15-25(26(37)32-19-13-39-14-19)16(2)35(33-15)24-9-23(21(29)10-30-24)40-20-11-34(12-20)27(38)36-22(6-7-31-36)17-4-3-5-18(28)8-17/h3-5,7-10,19-20,22H,6,11-14H2,1-2H3,(H,32,37). The molecule has 0 radical (unpaired) electrons. The number of aryl methyl sites for hydroxylation is 1. The van der Waals surface area contributed by atoms with Crippen molar-refractivity contribution in [2.45, 2.75) is 38.5 Å². The number of amides is 3. The van der Waals surface area contributed by atoms with Crippen LogP contribution in [0.1, 0.15) is 39.8 Å². The molecule has 2 aromatic heterocycles. The van der Waals surface area contributed by atoms with Gasteiger partial charge in [0.2, 0.25) is 0 Å². The van der Waals surface area contributed by atoms with E-state index >= 15 is 0 Å². The van der Waals surface area contributed by atoms with E-state index in [2.05, 4.69) is 20.5 Å². The Kier molecular flexibility index (Phi) is 6.66. The highest BCUT2D eigenvalue weighted by atomic mass is 19.1. The van der Waals surface area contributed by atoms with E-state index in [1.807, 2.05) is 0 Å². The number of likely N-dealkylation sites (tertiary alicyclic amines) is 1. The number of hydrogen-bond acceptors (Lipinski definition) is 7. The van der Waals surface area contributed by atoms with Crippen LogP contribution in [0.5, 0.6) is 5.75 Å². The number of halogens is 2. The monoisotopic (exact) mass is 551 g/mol. The number of carbonyl (C=O) groups is 2. The molecular formula is C27H27F2N7O4. The van der Waals surface area contributed by atoms with Gasteiger partial charge in [-0.2, -0.15) is 10.2 Å². The molecule has 208 valence electrons. The van der Waals surface area contributed by atoms with Gasteiger partial charge in [-0.05, 0) is 31.5 Å². The summed E-state index contributed by atoms with van der Waals surface area (Å²) in [5.74, 6) is -1.04. The van der Waals surface area contributed by atoms with Gasteiger partial charge in [0, 0.05) is 18.7 Å². The number of urea groups is 1. The lowest BCUT2D eigenvalue weighted by atomic mass is 10.0. The first-order valence-corrected chi connectivity index (χ1v) is 12.9. The van der Waals surface area contributed by atoms with Crippen molar-refractivity contribution in [3.63, 3.8) is 0 Å². The Morgan fingerprint density at radius 3 is 2.67 bits per heavy atom. The predicted molar refractivity (Wildman–Crippen MR) is 138 cm³/mol. The van der Waals surface area contributed by atoms with E-state index in [0.29, 0.717) is 48.0 Å². The third-order valence-electron chi connectivity index (χ3n) is 7.19. The van der Waals surface area contributed by atoms with Gasteiger partial charge >= 0.3 is 6.03 Å². The number of pyridine rings is 1. The minimum absolute atomic E-state index is 0.0305. The van der Waals surface area contributed by atoms with Gasteiger partial charge in [-0.15, -0.1) is 0 Å². The van der Waals surface area contributed by atoms with Gasteiger partial charge < -0.3 is 19.7 Å². The summed E-state index contributed by atoms with van der Waals surface area (Å²) < 4.78 is 40.8. The number of aromatic nitrogens is 3. The molecule has 3 aromatic rings. The van der Waals surface area contributed by atoms with Crippen LogP contribution in [0.25, 0.3) is 5.82 Å². The first-order valence-electron chi connectivity index (χ1n) is 12.9. The summed E-state index contributed by atoms with van der Waals surface area (Å²) in [6.45, 7) is 4.87. The van der Waals surface area contributed by atoms with Crippen molar-refractivity contribution < 1.29 is 27.8 Å². The minimum Gasteiger partial charge on any atom is -0.483 e. The normalized spacial score (nSPS) is 18.9. The fourth-order valence-electron chi connectivity index (χ4n) is 4.97. The maximum atomic E-state index is 14.6. The average molecular weight is 552 g/mol. The minimum atomic E-state index is -0.659. The first kappa shape index (κ1) is 25.9. The number of hydrazone groups is 1. The molecule has 11 nitrogen and oxygen atoms in total. The highest BCUT2D eigenvalue weighted by Crippen LogP contribution is 2.31. The summed E-state index contributed by atoms with van der Waals surface area (Å²) in [6, 6.07) is 6.77. The van der Waals surface area contributed by atoms with Crippen LogP contribution in [-0.4, -0.2) is 81.3 Å². The Balaban J connectivity index is 1.11. The number of carbonyl (C=O) groups excluding carboxylic acids is 2. The van der Waals surface area contributed by atoms with E-state index in [-0.39, 0.29) is 42.6 Å². The van der Waals surface area contributed by atoms with Crippen molar-refractivity contribution >= 4 is 18.2 Å². The van der Waals surface area contributed by atoms with Crippen LogP contribution < -0.4 is 10.1 Å². The van der Waals surface area contributed by atoms with Gasteiger partial charge in [-0.25, -0.2) is 28.3 Å². The van der Waals surface area contributed by atoms with Gasteiger partial charge in [0.1, 0.15) is 11.9 Å². The van der Waals surface area contributed by atoms with E-state index in [1.54, 1.807) is 37.1 Å².